The first kappa shape index (κ1) is 27.7. The van der Waals surface area contributed by atoms with E-state index >= 15 is 0 Å². The summed E-state index contributed by atoms with van der Waals surface area (Å²) >= 11 is 7.48. The van der Waals surface area contributed by atoms with Gasteiger partial charge < -0.3 is 30.9 Å². The highest BCUT2D eigenvalue weighted by Crippen LogP contribution is 2.35. The molecule has 208 valence electrons. The van der Waals surface area contributed by atoms with Gasteiger partial charge in [-0.1, -0.05) is 11.6 Å². The normalized spacial score (nSPS) is 23.4. The Morgan fingerprint density at radius 3 is 2.92 bits per heavy atom. The molecule has 1 saturated carbocycles. The topological polar surface area (TPSA) is 145 Å². The van der Waals surface area contributed by atoms with E-state index in [2.05, 4.69) is 20.2 Å². The van der Waals surface area contributed by atoms with Gasteiger partial charge >= 0.3 is 0 Å². The van der Waals surface area contributed by atoms with Gasteiger partial charge in [0.25, 0.3) is 5.91 Å². The van der Waals surface area contributed by atoms with Crippen LogP contribution in [-0.2, 0) is 17.8 Å². The van der Waals surface area contributed by atoms with E-state index in [9.17, 15) is 19.5 Å². The van der Waals surface area contributed by atoms with Gasteiger partial charge in [-0.05, 0) is 50.6 Å². The quantitative estimate of drug-likeness (QED) is 0.318. The summed E-state index contributed by atoms with van der Waals surface area (Å²) < 4.78 is 0. The molecular formula is C27H33ClN6O4S. The van der Waals surface area contributed by atoms with E-state index < -0.39 is 23.4 Å². The van der Waals surface area contributed by atoms with Gasteiger partial charge in [0.1, 0.15) is 5.54 Å². The zero-order valence-electron chi connectivity index (χ0n) is 22.0. The van der Waals surface area contributed by atoms with Crippen LogP contribution < -0.4 is 11.1 Å². The van der Waals surface area contributed by atoms with Crippen molar-refractivity contribution in [1.82, 2.24) is 25.1 Å². The molecule has 3 atom stereocenters. The van der Waals surface area contributed by atoms with E-state index in [4.69, 9.17) is 17.3 Å². The van der Waals surface area contributed by atoms with E-state index in [1.807, 2.05) is 7.05 Å². The molecule has 3 unspecified atom stereocenters. The Labute approximate surface area is 235 Å². The van der Waals surface area contributed by atoms with Crippen LogP contribution in [0.2, 0.25) is 5.02 Å². The molecule has 2 aliphatic rings. The van der Waals surface area contributed by atoms with Gasteiger partial charge in [0.2, 0.25) is 11.7 Å². The fourth-order valence-electron chi connectivity index (χ4n) is 5.57. The third-order valence-corrected chi connectivity index (χ3v) is 9.20. The van der Waals surface area contributed by atoms with Gasteiger partial charge in [-0.25, -0.2) is 4.98 Å². The summed E-state index contributed by atoms with van der Waals surface area (Å²) in [4.78, 5) is 52.9. The largest absolute Gasteiger partial charge is 0.395 e. The highest BCUT2D eigenvalue weighted by molar-refractivity contribution is 7.13. The molecule has 1 aromatic carbocycles. The van der Waals surface area contributed by atoms with Crippen LogP contribution in [-0.4, -0.2) is 87.8 Å². The van der Waals surface area contributed by atoms with Crippen LogP contribution in [0.5, 0.6) is 0 Å². The van der Waals surface area contributed by atoms with Crippen LogP contribution in [0.25, 0.3) is 10.9 Å². The second-order valence-corrected chi connectivity index (χ2v) is 12.2. The molecule has 39 heavy (non-hydrogen) atoms. The number of aromatic nitrogens is 2. The first-order chi connectivity index (χ1) is 18.6. The first-order valence-electron chi connectivity index (χ1n) is 13.0. The minimum atomic E-state index is -1.44. The van der Waals surface area contributed by atoms with Crippen LogP contribution in [0.4, 0.5) is 0 Å². The van der Waals surface area contributed by atoms with Crippen molar-refractivity contribution in [3.05, 3.63) is 50.6 Å². The third kappa shape index (κ3) is 5.46. The maximum Gasteiger partial charge on any atom is 0.280 e. The molecule has 5 N–H and O–H groups in total. The Morgan fingerprint density at radius 1 is 1.36 bits per heavy atom. The molecule has 3 aromatic rings. The average molecular weight is 573 g/mol. The van der Waals surface area contributed by atoms with Crippen LogP contribution in [0.15, 0.2) is 24.3 Å². The minimum Gasteiger partial charge on any atom is -0.395 e. The summed E-state index contributed by atoms with van der Waals surface area (Å²) in [6.07, 6.45) is 1.56. The average Bonchev–Trinajstić information content (AvgIpc) is 3.52. The lowest BCUT2D eigenvalue weighted by Gasteiger charge is -2.43. The minimum absolute atomic E-state index is 0.147. The van der Waals surface area contributed by atoms with E-state index in [0.717, 1.165) is 41.0 Å². The van der Waals surface area contributed by atoms with Gasteiger partial charge in [-0.2, -0.15) is 0 Å². The molecular weight excluding hydrogens is 540 g/mol. The number of benzene rings is 1. The molecule has 12 heteroatoms. The van der Waals surface area contributed by atoms with Crippen LogP contribution in [0.1, 0.15) is 50.1 Å². The van der Waals surface area contributed by atoms with Crippen molar-refractivity contribution in [2.45, 2.75) is 43.8 Å². The molecule has 2 aromatic heterocycles. The number of carbonyl (C=O) groups excluding carboxylic acids is 3. The van der Waals surface area contributed by atoms with Crippen molar-refractivity contribution in [2.24, 2.45) is 11.7 Å². The van der Waals surface area contributed by atoms with Crippen molar-refractivity contribution in [3.8, 4) is 0 Å². The van der Waals surface area contributed by atoms with Gasteiger partial charge in [0, 0.05) is 59.8 Å². The van der Waals surface area contributed by atoms with E-state index in [-0.39, 0.29) is 37.7 Å². The third-order valence-electron chi connectivity index (χ3n) is 7.88. The molecule has 3 heterocycles. The fraction of sp³-hybridized carbons (Fsp3) is 0.481. The number of halogens is 1. The Morgan fingerprint density at radius 2 is 2.15 bits per heavy atom. The molecule has 0 saturated heterocycles. The second kappa shape index (κ2) is 11.0. The predicted molar refractivity (Wildman–Crippen MR) is 150 cm³/mol. The maximum absolute atomic E-state index is 13.9. The number of Topliss-reactive ketones (excluding diaryl/α,β-unsaturated/α-hetero) is 1. The summed E-state index contributed by atoms with van der Waals surface area (Å²) in [5.74, 6) is -1.33. The van der Waals surface area contributed by atoms with E-state index in [0.29, 0.717) is 22.1 Å². The number of fused-ring (bicyclic) bond motifs is 2. The first-order valence-corrected chi connectivity index (χ1v) is 14.2. The van der Waals surface area contributed by atoms with Crippen molar-refractivity contribution in [3.63, 3.8) is 0 Å². The number of hydrogen-bond donors (Lipinski definition) is 4. The van der Waals surface area contributed by atoms with E-state index in [1.165, 1.54) is 16.2 Å². The lowest BCUT2D eigenvalue weighted by Crippen LogP contribution is -2.66. The number of carbonyl (C=O) groups is 3. The molecule has 0 spiro atoms. The molecule has 2 amide bonds. The van der Waals surface area contributed by atoms with Gasteiger partial charge in [-0.3, -0.25) is 14.4 Å². The summed E-state index contributed by atoms with van der Waals surface area (Å²) in [5, 5.41) is 13.9. The Bertz CT molecular complexity index is 1420. The number of H-pyrrole nitrogens is 1. The summed E-state index contributed by atoms with van der Waals surface area (Å²) in [6, 6.07) is 6.21. The Hall–Kier alpha value is -2.83. The highest BCUT2D eigenvalue weighted by atomic mass is 35.5. The number of nitrogens with one attached hydrogen (secondary N) is 2. The number of ketones is 1. The molecule has 0 bridgehead atoms. The number of aromatic amines is 1. The maximum atomic E-state index is 13.9. The van der Waals surface area contributed by atoms with Crippen LogP contribution >= 0.6 is 22.9 Å². The predicted octanol–water partition coefficient (Wildman–Crippen LogP) is 2.20. The lowest BCUT2D eigenvalue weighted by molar-refractivity contribution is -0.136. The second-order valence-electron chi connectivity index (χ2n) is 10.6. The number of thiazole rings is 1. The molecule has 10 nitrogen and oxygen atoms in total. The number of nitrogens with zero attached hydrogens (tertiary/aromatic N) is 3. The van der Waals surface area contributed by atoms with Gasteiger partial charge in [-0.15, -0.1) is 11.3 Å². The Balaban J connectivity index is 1.43. The number of nitrogens with two attached hydrogens (primary N) is 1. The summed E-state index contributed by atoms with van der Waals surface area (Å²) in [7, 11) is 3.66. The lowest BCUT2D eigenvalue weighted by atomic mass is 9.70. The molecule has 1 fully saturated rings. The van der Waals surface area contributed by atoms with E-state index in [1.54, 1.807) is 31.3 Å². The zero-order chi connectivity index (χ0) is 27.9. The van der Waals surface area contributed by atoms with Crippen LogP contribution in [0.3, 0.4) is 0 Å². The Kier molecular flexibility index (Phi) is 7.80. The molecule has 1 aliphatic carbocycles. The van der Waals surface area contributed by atoms with Crippen LogP contribution in [0, 0.1) is 5.92 Å². The zero-order valence-corrected chi connectivity index (χ0v) is 23.6. The number of rotatable bonds is 7. The highest BCUT2D eigenvalue weighted by Gasteiger charge is 2.49. The number of hydrogen-bond acceptors (Lipinski definition) is 8. The number of likely N-dealkylation sites (N-methyl/N-ethyl adjacent to an activating group) is 2. The van der Waals surface area contributed by atoms with Crippen molar-refractivity contribution in [1.29, 1.82) is 0 Å². The van der Waals surface area contributed by atoms with Crippen molar-refractivity contribution in [2.75, 3.05) is 33.8 Å². The molecule has 5 rings (SSSR count). The fourth-order valence-corrected chi connectivity index (χ4v) is 6.84. The van der Waals surface area contributed by atoms with Gasteiger partial charge in [0.05, 0.1) is 24.0 Å². The van der Waals surface area contributed by atoms with Gasteiger partial charge in [0.15, 0.2) is 5.01 Å². The summed E-state index contributed by atoms with van der Waals surface area (Å²) in [6.45, 7) is 1.67. The SMILES string of the molecule is CN1CCc2nc(C(=O)NC3CC(C(=O)N(C)CCO)CCC3(N)C(=O)c3cc4cc(Cl)ccc4[nH]3)sc2C1. The molecule has 1 aliphatic heterocycles. The van der Waals surface area contributed by atoms with Crippen molar-refractivity contribution >= 4 is 51.4 Å². The smallest absolute Gasteiger partial charge is 0.280 e. The number of aliphatic hydroxyl groups is 1. The number of aliphatic hydroxyl groups excluding tert-OH is 1. The number of amides is 2. The monoisotopic (exact) mass is 572 g/mol. The molecule has 0 radical (unpaired) electrons. The standard InChI is InChI=1S/C27H33ClN6O4S/c1-33-8-6-19-21(14-33)39-25(31-19)24(37)32-22-13-15(26(38)34(2)9-10-35)5-7-27(22,29)23(36)20-12-16-11-17(28)3-4-18(16)30-20/h3-4,11-12,15,22,30,35H,5-10,13-14,29H2,1-2H3,(H,32,37). The van der Waals surface area contributed by atoms with Crippen molar-refractivity contribution < 1.29 is 19.5 Å². The summed E-state index contributed by atoms with van der Waals surface area (Å²) in [5.41, 5.74) is 7.43.